The Morgan fingerprint density at radius 1 is 0.731 bits per heavy atom. The van der Waals surface area contributed by atoms with Crippen LogP contribution in [0.15, 0.2) is 46.2 Å². The van der Waals surface area contributed by atoms with Gasteiger partial charge in [0.05, 0.1) is 12.2 Å². The first kappa shape index (κ1) is 26.5. The first-order valence-electron chi connectivity index (χ1n) is 7.43. The molecule has 2 aromatic rings. The molecule has 0 amide bonds. The van der Waals surface area contributed by atoms with Crippen LogP contribution in [0.4, 0.5) is 0 Å². The molecule has 2 rings (SSSR count). The van der Waals surface area contributed by atoms with Crippen LogP contribution in [0.3, 0.4) is 0 Å². The van der Waals surface area contributed by atoms with Crippen LogP contribution in [-0.4, -0.2) is 88.2 Å². The van der Waals surface area contributed by atoms with E-state index in [-0.39, 0.29) is 64.5 Å². The summed E-state index contributed by atoms with van der Waals surface area (Å²) in [6, 6.07) is 9.39. The average Bonchev–Trinajstić information content (AvgIpc) is 2.43. The van der Waals surface area contributed by atoms with Gasteiger partial charge in [-0.05, 0) is 39.1 Å². The molecule has 0 aliphatic rings. The van der Waals surface area contributed by atoms with Gasteiger partial charge in [-0.25, -0.2) is 0 Å². The minimum Gasteiger partial charge on any atom is -0.264 e. The fourth-order valence-electron chi connectivity index (χ4n) is 2.28. The van der Waals surface area contributed by atoms with Crippen molar-refractivity contribution in [2.75, 3.05) is 0 Å². The van der Waals surface area contributed by atoms with Crippen LogP contribution < -0.4 is 0 Å². The SMILES string of the molecule is CC(C)OS(=O)(=O)c1ccc2ccccc2c1S(=O)(=O)OC(C)C.[Na].[Na]. The van der Waals surface area contributed by atoms with Crippen molar-refractivity contribution in [1.29, 1.82) is 0 Å². The third-order valence-electron chi connectivity index (χ3n) is 3.00. The third kappa shape index (κ3) is 6.27. The number of hydrogen-bond donors (Lipinski definition) is 0. The van der Waals surface area contributed by atoms with E-state index in [2.05, 4.69) is 0 Å². The average molecular weight is 418 g/mol. The Morgan fingerprint density at radius 2 is 1.23 bits per heavy atom. The van der Waals surface area contributed by atoms with Crippen molar-refractivity contribution < 1.29 is 25.2 Å². The van der Waals surface area contributed by atoms with Crippen molar-refractivity contribution in [3.63, 3.8) is 0 Å². The normalized spacial score (nSPS) is 12.1. The zero-order valence-electron chi connectivity index (χ0n) is 15.9. The summed E-state index contributed by atoms with van der Waals surface area (Å²) in [5.41, 5.74) is 0. The van der Waals surface area contributed by atoms with Crippen LogP contribution in [0, 0.1) is 0 Å². The largest absolute Gasteiger partial charge is 0.299 e. The summed E-state index contributed by atoms with van der Waals surface area (Å²) in [7, 11) is -8.55. The Hall–Kier alpha value is 0.520. The second-order valence-electron chi connectivity index (χ2n) is 5.81. The van der Waals surface area contributed by atoms with Gasteiger partial charge in [0.1, 0.15) is 9.79 Å². The number of benzene rings is 2. The van der Waals surface area contributed by atoms with Crippen LogP contribution in [0.2, 0.25) is 0 Å². The van der Waals surface area contributed by atoms with Crippen molar-refractivity contribution in [3.05, 3.63) is 36.4 Å². The molecule has 0 fully saturated rings. The monoisotopic (exact) mass is 418 g/mol. The zero-order valence-corrected chi connectivity index (χ0v) is 21.5. The van der Waals surface area contributed by atoms with Crippen LogP contribution >= 0.6 is 0 Å². The van der Waals surface area contributed by atoms with Gasteiger partial charge in [0, 0.05) is 64.5 Å². The number of fused-ring (bicyclic) bond motifs is 1. The summed E-state index contributed by atoms with van der Waals surface area (Å²) in [6.07, 6.45) is -1.25. The predicted molar refractivity (Wildman–Crippen MR) is 102 cm³/mol. The second kappa shape index (κ2) is 10.3. The van der Waals surface area contributed by atoms with Crippen molar-refractivity contribution in [1.82, 2.24) is 0 Å². The molecule has 0 aromatic heterocycles. The maximum atomic E-state index is 12.7. The molecule has 134 valence electrons. The molecule has 0 unspecified atom stereocenters. The Balaban J connectivity index is 0.00000312. The Bertz CT molecular complexity index is 954. The smallest absolute Gasteiger partial charge is 0.264 e. The molecule has 0 heterocycles. The molecule has 6 nitrogen and oxygen atoms in total. The summed E-state index contributed by atoms with van der Waals surface area (Å²) >= 11 is 0. The second-order valence-corrected chi connectivity index (χ2v) is 8.86. The molecule has 0 atom stereocenters. The minimum absolute atomic E-state index is 0. The summed E-state index contributed by atoms with van der Waals surface area (Å²) in [6.45, 7) is 6.22. The van der Waals surface area contributed by atoms with Gasteiger partial charge >= 0.3 is 0 Å². The van der Waals surface area contributed by atoms with E-state index in [1.54, 1.807) is 58.0 Å². The van der Waals surface area contributed by atoms with Gasteiger partial charge in [-0.2, -0.15) is 16.8 Å². The van der Waals surface area contributed by atoms with E-state index in [0.717, 1.165) is 0 Å². The standard InChI is InChI=1S/C16H20O6S2.2Na/c1-11(2)21-23(17,18)15-10-9-13-7-5-6-8-14(13)16(15)24(19,20)22-12(3)4;;/h5-12H,1-4H3;;. The van der Waals surface area contributed by atoms with E-state index in [9.17, 15) is 16.8 Å². The molecule has 26 heavy (non-hydrogen) atoms. The summed E-state index contributed by atoms with van der Waals surface area (Å²) in [5.74, 6) is 0. The predicted octanol–water partition coefficient (Wildman–Crippen LogP) is 2.31. The van der Waals surface area contributed by atoms with Crippen LogP contribution in [0.5, 0.6) is 0 Å². The molecule has 0 aliphatic carbocycles. The molecule has 0 saturated heterocycles. The minimum atomic E-state index is -4.29. The van der Waals surface area contributed by atoms with Crippen molar-refractivity contribution in [2.24, 2.45) is 0 Å². The topological polar surface area (TPSA) is 86.7 Å². The van der Waals surface area contributed by atoms with Crippen molar-refractivity contribution in [3.8, 4) is 0 Å². The van der Waals surface area contributed by atoms with Gasteiger partial charge in [-0.1, -0.05) is 30.3 Å². The van der Waals surface area contributed by atoms with E-state index >= 15 is 0 Å². The summed E-state index contributed by atoms with van der Waals surface area (Å²) < 4.78 is 60.3. The van der Waals surface area contributed by atoms with Gasteiger partial charge in [-0.3, -0.25) is 8.37 Å². The number of hydrogen-bond acceptors (Lipinski definition) is 6. The molecule has 0 bridgehead atoms. The molecular formula is C16H20Na2O6S2. The van der Waals surface area contributed by atoms with Crippen LogP contribution in [0.25, 0.3) is 10.8 Å². The van der Waals surface area contributed by atoms with E-state index in [1.165, 1.54) is 6.07 Å². The van der Waals surface area contributed by atoms with Crippen molar-refractivity contribution >= 4 is 90.1 Å². The first-order chi connectivity index (χ1) is 11.0. The maximum Gasteiger partial charge on any atom is 0.299 e. The molecule has 0 saturated carbocycles. The maximum absolute atomic E-state index is 12.7. The Labute approximate surface area is 199 Å². The molecule has 2 radical (unpaired) electrons. The van der Waals surface area contributed by atoms with E-state index in [0.29, 0.717) is 5.39 Å². The van der Waals surface area contributed by atoms with Gasteiger partial charge in [-0.15, -0.1) is 0 Å². The molecule has 2 aromatic carbocycles. The Kier molecular flexibility index (Phi) is 10.5. The molecule has 10 heteroatoms. The molecule has 0 N–H and O–H groups in total. The quantitative estimate of drug-likeness (QED) is 0.529. The van der Waals surface area contributed by atoms with Gasteiger partial charge < -0.3 is 0 Å². The van der Waals surface area contributed by atoms with E-state index in [1.807, 2.05) is 0 Å². The van der Waals surface area contributed by atoms with Crippen LogP contribution in [-0.2, 0) is 28.6 Å². The molecular weight excluding hydrogens is 398 g/mol. The fourth-order valence-corrected chi connectivity index (χ4v) is 5.45. The number of rotatable bonds is 6. The van der Waals surface area contributed by atoms with E-state index < -0.39 is 42.2 Å². The van der Waals surface area contributed by atoms with Gasteiger partial charge in [0.25, 0.3) is 20.2 Å². The summed E-state index contributed by atoms with van der Waals surface area (Å²) in [4.78, 5) is -0.814. The third-order valence-corrected chi connectivity index (χ3v) is 6.23. The molecule has 0 spiro atoms. The first-order valence-corrected chi connectivity index (χ1v) is 10.2. The van der Waals surface area contributed by atoms with E-state index in [4.69, 9.17) is 8.37 Å². The fraction of sp³-hybridized carbons (Fsp3) is 0.375. The molecule has 0 aliphatic heterocycles. The van der Waals surface area contributed by atoms with Crippen molar-refractivity contribution in [2.45, 2.75) is 49.7 Å². The Morgan fingerprint density at radius 3 is 1.77 bits per heavy atom. The van der Waals surface area contributed by atoms with Gasteiger partial charge in [0.15, 0.2) is 0 Å². The van der Waals surface area contributed by atoms with Gasteiger partial charge in [0.2, 0.25) is 0 Å². The summed E-state index contributed by atoms with van der Waals surface area (Å²) in [5, 5.41) is 0.860. The van der Waals surface area contributed by atoms with Crippen LogP contribution in [0.1, 0.15) is 27.7 Å². The zero-order chi connectivity index (χ0) is 18.1.